The zero-order valence-corrected chi connectivity index (χ0v) is 22.3. The molecule has 10 heteroatoms. The van der Waals surface area contributed by atoms with Gasteiger partial charge in [-0.05, 0) is 77.6 Å². The molecule has 0 aliphatic heterocycles. The van der Waals surface area contributed by atoms with Crippen molar-refractivity contribution in [3.05, 3.63) is 112 Å². The molecule has 1 unspecified atom stereocenters. The lowest BCUT2D eigenvalue weighted by atomic mass is 9.96. The number of carbonyl (C=O) groups excluding carboxylic acids is 2. The fourth-order valence-electron chi connectivity index (χ4n) is 4.24. The minimum Gasteiger partial charge on any atom is -0.507 e. The number of Topliss-reactive ketones (excluding diaryl/α,β-unsaturated/α-hetero) is 1. The molecule has 0 saturated heterocycles. The van der Waals surface area contributed by atoms with Gasteiger partial charge in [0.1, 0.15) is 17.7 Å². The van der Waals surface area contributed by atoms with E-state index in [2.05, 4.69) is 5.32 Å². The lowest BCUT2D eigenvalue weighted by Gasteiger charge is -2.20. The van der Waals surface area contributed by atoms with Crippen LogP contribution in [0.25, 0.3) is 22.3 Å². The number of alkyl halides is 3. The monoisotopic (exact) mass is 585 g/mol. The van der Waals surface area contributed by atoms with Crippen LogP contribution >= 0.6 is 11.6 Å². The molecule has 0 heterocycles. The Morgan fingerprint density at radius 3 is 1.95 bits per heavy atom. The Kier molecular flexibility index (Phi) is 8.80. The first-order valence-corrected chi connectivity index (χ1v) is 12.8. The predicted molar refractivity (Wildman–Crippen MR) is 147 cm³/mol. The summed E-state index contributed by atoms with van der Waals surface area (Å²) in [5, 5.41) is 22.8. The first-order valence-electron chi connectivity index (χ1n) is 12.4. The zero-order valence-electron chi connectivity index (χ0n) is 21.5. The van der Waals surface area contributed by atoms with Crippen LogP contribution in [0.15, 0.2) is 84.9 Å². The molecule has 0 aliphatic rings. The Labute approximate surface area is 238 Å². The van der Waals surface area contributed by atoms with Crippen molar-refractivity contribution in [3.8, 4) is 28.0 Å². The average Bonchev–Trinajstić information content (AvgIpc) is 2.94. The summed E-state index contributed by atoms with van der Waals surface area (Å²) in [6.07, 6.45) is -5.88. The van der Waals surface area contributed by atoms with Gasteiger partial charge in [-0.3, -0.25) is 9.59 Å². The molecule has 5 nitrogen and oxygen atoms in total. The smallest absolute Gasteiger partial charge is 0.416 e. The molecule has 3 N–H and O–H groups in total. The van der Waals surface area contributed by atoms with Crippen LogP contribution in [-0.2, 0) is 17.4 Å². The second-order valence-corrected chi connectivity index (χ2v) is 9.85. The minimum absolute atomic E-state index is 0.0132. The molecule has 0 spiro atoms. The van der Waals surface area contributed by atoms with Gasteiger partial charge in [0.05, 0.1) is 22.2 Å². The highest BCUT2D eigenvalue weighted by Gasteiger charge is 2.30. The lowest BCUT2D eigenvalue weighted by Crippen LogP contribution is -2.46. The van der Waals surface area contributed by atoms with Gasteiger partial charge in [0.15, 0.2) is 5.78 Å². The molecule has 0 aliphatic carbocycles. The van der Waals surface area contributed by atoms with Gasteiger partial charge in [-0.25, -0.2) is 4.39 Å². The zero-order chi connectivity index (χ0) is 29.9. The average molecular weight is 586 g/mol. The van der Waals surface area contributed by atoms with Crippen molar-refractivity contribution < 1.29 is 37.4 Å². The maximum atomic E-state index is 13.5. The number of hydrogen-bond donors (Lipinski definition) is 3. The summed E-state index contributed by atoms with van der Waals surface area (Å²) in [4.78, 5) is 26.0. The van der Waals surface area contributed by atoms with Crippen LogP contribution < -0.4 is 5.32 Å². The van der Waals surface area contributed by atoms with E-state index in [0.29, 0.717) is 22.3 Å². The second kappa shape index (κ2) is 12.1. The van der Waals surface area contributed by atoms with Crippen LogP contribution in [0.2, 0.25) is 5.02 Å². The van der Waals surface area contributed by atoms with Crippen LogP contribution in [0.4, 0.5) is 17.6 Å². The molecule has 4 aromatic carbocycles. The van der Waals surface area contributed by atoms with Crippen LogP contribution in [-0.4, -0.2) is 34.0 Å². The fourth-order valence-corrected chi connectivity index (χ4v) is 4.42. The summed E-state index contributed by atoms with van der Waals surface area (Å²) < 4.78 is 52.3. The molecule has 212 valence electrons. The van der Waals surface area contributed by atoms with E-state index < -0.39 is 47.1 Å². The van der Waals surface area contributed by atoms with E-state index in [1.165, 1.54) is 49.4 Å². The van der Waals surface area contributed by atoms with Crippen molar-refractivity contribution in [1.29, 1.82) is 0 Å². The minimum atomic E-state index is -4.50. The van der Waals surface area contributed by atoms with Gasteiger partial charge in [-0.15, -0.1) is 0 Å². The van der Waals surface area contributed by atoms with Crippen LogP contribution in [0.5, 0.6) is 5.75 Å². The number of halogens is 5. The van der Waals surface area contributed by atoms with Gasteiger partial charge >= 0.3 is 6.18 Å². The van der Waals surface area contributed by atoms with Crippen molar-refractivity contribution >= 4 is 23.3 Å². The van der Waals surface area contributed by atoms with Gasteiger partial charge < -0.3 is 15.5 Å². The lowest BCUT2D eigenvalue weighted by molar-refractivity contribution is -0.137. The van der Waals surface area contributed by atoms with Crippen LogP contribution in [0.1, 0.15) is 28.4 Å². The van der Waals surface area contributed by atoms with Gasteiger partial charge in [-0.1, -0.05) is 60.1 Å². The highest BCUT2D eigenvalue weighted by molar-refractivity contribution is 6.31. The molecule has 1 amide bonds. The molecule has 2 atom stereocenters. The fraction of sp³-hybridized carbons (Fsp3) is 0.161. The molecule has 0 saturated carbocycles. The Morgan fingerprint density at radius 1 is 0.854 bits per heavy atom. The van der Waals surface area contributed by atoms with E-state index in [4.69, 9.17) is 11.6 Å². The molecular weight excluding hydrogens is 562 g/mol. The number of aliphatic hydroxyl groups excluding tert-OH is 1. The number of aromatic hydroxyl groups is 1. The first-order chi connectivity index (χ1) is 19.3. The highest BCUT2D eigenvalue weighted by atomic mass is 35.5. The number of ketones is 1. The number of hydrogen-bond acceptors (Lipinski definition) is 4. The first kappa shape index (κ1) is 29.8. The van der Waals surface area contributed by atoms with E-state index in [-0.39, 0.29) is 17.0 Å². The number of benzene rings is 4. The number of amides is 1. The molecule has 41 heavy (non-hydrogen) atoms. The number of nitrogens with one attached hydrogen (secondary N) is 1. The molecule has 0 aromatic heterocycles. The largest absolute Gasteiger partial charge is 0.507 e. The Bertz CT molecular complexity index is 1570. The number of phenols is 1. The molecule has 0 radical (unpaired) electrons. The van der Waals surface area contributed by atoms with Crippen molar-refractivity contribution in [2.75, 3.05) is 0 Å². The third-order valence-electron chi connectivity index (χ3n) is 6.49. The number of carbonyl (C=O) groups is 2. The summed E-state index contributed by atoms with van der Waals surface area (Å²) in [5.74, 6) is -2.42. The quantitative estimate of drug-likeness (QED) is 0.198. The number of aliphatic hydroxyl groups is 1. The molecule has 4 rings (SSSR count). The van der Waals surface area contributed by atoms with E-state index in [9.17, 15) is 37.4 Å². The summed E-state index contributed by atoms with van der Waals surface area (Å²) in [6.45, 7) is 1.27. The van der Waals surface area contributed by atoms with Gasteiger partial charge in [0, 0.05) is 0 Å². The van der Waals surface area contributed by atoms with Gasteiger partial charge in [-0.2, -0.15) is 13.2 Å². The van der Waals surface area contributed by atoms with Crippen LogP contribution in [0.3, 0.4) is 0 Å². The second-order valence-electron chi connectivity index (χ2n) is 9.44. The van der Waals surface area contributed by atoms with Gasteiger partial charge in [0.2, 0.25) is 0 Å². The van der Waals surface area contributed by atoms with Crippen LogP contribution in [0, 0.1) is 5.82 Å². The van der Waals surface area contributed by atoms with E-state index >= 15 is 0 Å². The molecule has 0 bridgehead atoms. The third kappa shape index (κ3) is 7.11. The Balaban J connectivity index is 1.55. The normalized spacial score (nSPS) is 13.0. The highest BCUT2D eigenvalue weighted by Crippen LogP contribution is 2.32. The van der Waals surface area contributed by atoms with Gasteiger partial charge in [0.25, 0.3) is 5.91 Å². The maximum Gasteiger partial charge on any atom is 0.416 e. The SMILES string of the molecule is CC(O)C(=O)[C@H](Cc1ccc(-c2ccc(F)c(Cl)c2)cc1)NC(=O)c1cc(-c2ccc(C(F)(F)F)cc2)ccc1O. The van der Waals surface area contributed by atoms with Crippen molar-refractivity contribution in [3.63, 3.8) is 0 Å². The summed E-state index contributed by atoms with van der Waals surface area (Å²) in [7, 11) is 0. The Hall–Kier alpha value is -4.21. The molecule has 0 fully saturated rings. The van der Waals surface area contributed by atoms with E-state index in [1.807, 2.05) is 0 Å². The maximum absolute atomic E-state index is 13.5. The number of phenolic OH excluding ortho intramolecular Hbond substituents is 1. The summed E-state index contributed by atoms with van der Waals surface area (Å²) in [5.41, 5.74) is 1.78. The van der Waals surface area contributed by atoms with Crippen molar-refractivity contribution in [1.82, 2.24) is 5.32 Å². The van der Waals surface area contributed by atoms with Crippen molar-refractivity contribution in [2.45, 2.75) is 31.7 Å². The Morgan fingerprint density at radius 2 is 1.39 bits per heavy atom. The standard InChI is InChI=1S/C31H24ClF4NO4/c1-17(38)29(40)27(14-18-2-4-19(5-3-18)22-8-12-26(33)25(32)16-22)37-30(41)24-15-21(9-13-28(24)39)20-6-10-23(11-7-20)31(34,35)36/h2-13,15-17,27,38-39H,14H2,1H3,(H,37,41)/t17?,27-/m0/s1. The van der Waals surface area contributed by atoms with E-state index in [0.717, 1.165) is 17.7 Å². The van der Waals surface area contributed by atoms with Crippen molar-refractivity contribution in [2.24, 2.45) is 0 Å². The number of rotatable bonds is 8. The predicted octanol–water partition coefficient (Wildman–Crippen LogP) is 6.83. The topological polar surface area (TPSA) is 86.6 Å². The summed E-state index contributed by atoms with van der Waals surface area (Å²) >= 11 is 5.87. The van der Waals surface area contributed by atoms with E-state index in [1.54, 1.807) is 30.3 Å². The molecular formula is C31H24ClF4NO4. The molecule has 4 aromatic rings. The third-order valence-corrected chi connectivity index (χ3v) is 6.78. The summed E-state index contributed by atoms with van der Waals surface area (Å²) in [6, 6.07) is 18.4.